The average Bonchev–Trinajstić information content (AvgIpc) is 2.44. The molecule has 1 aliphatic rings. The van der Waals surface area contributed by atoms with Crippen molar-refractivity contribution in [3.05, 3.63) is 28.7 Å². The van der Waals surface area contributed by atoms with Crippen LogP contribution in [0.4, 0.5) is 0 Å². The zero-order valence-electron chi connectivity index (χ0n) is 13.2. The van der Waals surface area contributed by atoms with Gasteiger partial charge in [-0.2, -0.15) is 0 Å². The maximum absolute atomic E-state index is 13.1. The minimum Gasteiger partial charge on any atom is -0.313 e. The third-order valence-electron chi connectivity index (χ3n) is 4.29. The van der Waals surface area contributed by atoms with Crippen molar-refractivity contribution in [1.82, 2.24) is 5.32 Å². The molecule has 3 unspecified atom stereocenters. The predicted octanol–water partition coefficient (Wildman–Crippen LogP) is 4.50. The molecule has 4 heteroatoms. The summed E-state index contributed by atoms with van der Waals surface area (Å²) >= 11 is 3.48. The Hall–Kier alpha value is -0.190. The van der Waals surface area contributed by atoms with E-state index < -0.39 is 10.8 Å². The van der Waals surface area contributed by atoms with Crippen molar-refractivity contribution >= 4 is 26.7 Å². The minimum absolute atomic E-state index is 0.203. The highest BCUT2D eigenvalue weighted by Gasteiger charge is 2.38. The molecular formula is C17H26BrNOS. The summed E-state index contributed by atoms with van der Waals surface area (Å²) in [4.78, 5) is 0.940. The lowest BCUT2D eigenvalue weighted by atomic mass is 9.75. The quantitative estimate of drug-likeness (QED) is 0.824. The number of halogens is 1. The smallest absolute Gasteiger partial charge is 0.0577 e. The van der Waals surface area contributed by atoms with E-state index in [1.165, 1.54) is 6.42 Å². The molecule has 21 heavy (non-hydrogen) atoms. The second-order valence-corrected chi connectivity index (χ2v) is 9.35. The second kappa shape index (κ2) is 7.38. The van der Waals surface area contributed by atoms with E-state index in [1.54, 1.807) is 0 Å². The molecule has 0 aliphatic heterocycles. The molecule has 2 nitrogen and oxygen atoms in total. The van der Waals surface area contributed by atoms with Crippen LogP contribution in [0.25, 0.3) is 0 Å². The molecule has 0 radical (unpaired) electrons. The maximum Gasteiger partial charge on any atom is 0.0577 e. The molecule has 1 saturated carbocycles. The van der Waals surface area contributed by atoms with Crippen molar-refractivity contribution in [3.63, 3.8) is 0 Å². The summed E-state index contributed by atoms with van der Waals surface area (Å²) in [5, 5.41) is 3.82. The minimum atomic E-state index is -0.953. The van der Waals surface area contributed by atoms with Gasteiger partial charge >= 0.3 is 0 Å². The van der Waals surface area contributed by atoms with Crippen molar-refractivity contribution in [2.75, 3.05) is 6.54 Å². The Balaban J connectivity index is 2.20. The van der Waals surface area contributed by atoms with Crippen molar-refractivity contribution in [2.24, 2.45) is 5.41 Å². The predicted molar refractivity (Wildman–Crippen MR) is 94.1 cm³/mol. The SMILES string of the molecule is CCCNC1CCC(C)(C)CC1S(=O)c1cccc(Br)c1. The zero-order valence-corrected chi connectivity index (χ0v) is 15.6. The molecule has 0 heterocycles. The normalized spacial score (nSPS) is 26.5. The molecule has 118 valence electrons. The summed E-state index contributed by atoms with van der Waals surface area (Å²) in [5.41, 5.74) is 0.288. The number of nitrogens with one attached hydrogen (secondary N) is 1. The maximum atomic E-state index is 13.1. The Morgan fingerprint density at radius 3 is 2.86 bits per heavy atom. The van der Waals surface area contributed by atoms with Crippen LogP contribution in [0.5, 0.6) is 0 Å². The van der Waals surface area contributed by atoms with Gasteiger partial charge in [-0.25, -0.2) is 0 Å². The van der Waals surface area contributed by atoms with Crippen molar-refractivity contribution in [2.45, 2.75) is 62.6 Å². The fourth-order valence-electron chi connectivity index (χ4n) is 3.08. The van der Waals surface area contributed by atoms with Gasteiger partial charge in [-0.1, -0.05) is 42.8 Å². The van der Waals surface area contributed by atoms with Crippen LogP contribution < -0.4 is 5.32 Å². The number of rotatable bonds is 5. The van der Waals surface area contributed by atoms with Crippen LogP contribution in [0.2, 0.25) is 0 Å². The van der Waals surface area contributed by atoms with E-state index in [4.69, 9.17) is 0 Å². The molecule has 1 fully saturated rings. The first kappa shape index (κ1) is 17.2. The van der Waals surface area contributed by atoms with E-state index >= 15 is 0 Å². The van der Waals surface area contributed by atoms with Crippen molar-refractivity contribution in [3.8, 4) is 0 Å². The number of hydrogen-bond donors (Lipinski definition) is 1. The standard InChI is InChI=1S/C17H26BrNOS/c1-4-10-19-15-8-9-17(2,3)12-16(15)21(20)14-7-5-6-13(18)11-14/h5-7,11,15-16,19H,4,8-10,12H2,1-3H3. The van der Waals surface area contributed by atoms with Crippen LogP contribution in [0, 0.1) is 5.41 Å². The fraction of sp³-hybridized carbons (Fsp3) is 0.647. The zero-order chi connectivity index (χ0) is 15.5. The number of benzene rings is 1. The summed E-state index contributed by atoms with van der Waals surface area (Å²) in [6, 6.07) is 8.31. The lowest BCUT2D eigenvalue weighted by Crippen LogP contribution is -2.48. The van der Waals surface area contributed by atoms with Gasteiger partial charge in [0.05, 0.1) is 16.0 Å². The molecule has 0 bridgehead atoms. The van der Waals surface area contributed by atoms with Crippen molar-refractivity contribution < 1.29 is 4.21 Å². The molecule has 0 spiro atoms. The van der Waals surface area contributed by atoms with Crippen molar-refractivity contribution in [1.29, 1.82) is 0 Å². The first-order valence-electron chi connectivity index (χ1n) is 7.82. The Morgan fingerprint density at radius 1 is 1.43 bits per heavy atom. The first-order chi connectivity index (χ1) is 9.93. The molecule has 1 aromatic carbocycles. The van der Waals surface area contributed by atoms with Gasteiger partial charge < -0.3 is 5.32 Å². The lowest BCUT2D eigenvalue weighted by molar-refractivity contribution is 0.212. The summed E-state index contributed by atoms with van der Waals surface area (Å²) in [6.45, 7) is 7.79. The summed E-state index contributed by atoms with van der Waals surface area (Å²) < 4.78 is 14.1. The van der Waals surface area contributed by atoms with Crippen LogP contribution in [0.1, 0.15) is 46.5 Å². The molecule has 3 atom stereocenters. The van der Waals surface area contributed by atoms with Gasteiger partial charge in [0.15, 0.2) is 0 Å². The highest BCUT2D eigenvalue weighted by Crippen LogP contribution is 2.39. The molecule has 1 aromatic rings. The summed E-state index contributed by atoms with van der Waals surface area (Å²) in [6.07, 6.45) is 4.47. The van der Waals surface area contributed by atoms with E-state index in [2.05, 4.69) is 42.0 Å². The third-order valence-corrected chi connectivity index (χ3v) is 6.55. The van der Waals surface area contributed by atoms with Gasteiger partial charge in [-0.15, -0.1) is 0 Å². The molecule has 0 aromatic heterocycles. The third kappa shape index (κ3) is 4.64. The Bertz CT molecular complexity index is 503. The number of hydrogen-bond acceptors (Lipinski definition) is 2. The topological polar surface area (TPSA) is 29.1 Å². The van der Waals surface area contributed by atoms with Gasteiger partial charge in [0.1, 0.15) is 0 Å². The Labute approximate surface area is 139 Å². The molecule has 0 amide bonds. The fourth-order valence-corrected chi connectivity index (χ4v) is 5.57. The highest BCUT2D eigenvalue weighted by molar-refractivity contribution is 9.10. The summed E-state index contributed by atoms with van der Waals surface area (Å²) in [7, 11) is -0.953. The largest absolute Gasteiger partial charge is 0.313 e. The molecule has 0 saturated heterocycles. The van der Waals surface area contributed by atoms with Gasteiger partial charge in [0.2, 0.25) is 0 Å². The average molecular weight is 372 g/mol. The monoisotopic (exact) mass is 371 g/mol. The van der Waals surface area contributed by atoms with E-state index in [9.17, 15) is 4.21 Å². The van der Waals surface area contributed by atoms with Crippen LogP contribution in [-0.2, 0) is 10.8 Å². The van der Waals surface area contributed by atoms with Crippen LogP contribution in [0.3, 0.4) is 0 Å². The van der Waals surface area contributed by atoms with E-state index in [-0.39, 0.29) is 10.7 Å². The van der Waals surface area contributed by atoms with E-state index in [0.29, 0.717) is 6.04 Å². The van der Waals surface area contributed by atoms with Gasteiger partial charge in [0.25, 0.3) is 0 Å². The summed E-state index contributed by atoms with van der Waals surface area (Å²) in [5.74, 6) is 0. The van der Waals surface area contributed by atoms with Crippen LogP contribution in [-0.4, -0.2) is 22.0 Å². The van der Waals surface area contributed by atoms with Gasteiger partial charge in [-0.3, -0.25) is 4.21 Å². The molecule has 2 rings (SSSR count). The van der Waals surface area contributed by atoms with Gasteiger partial charge in [-0.05, 0) is 55.8 Å². The van der Waals surface area contributed by atoms with E-state index in [0.717, 1.165) is 35.2 Å². The van der Waals surface area contributed by atoms with Gasteiger partial charge in [0, 0.05) is 15.4 Å². The van der Waals surface area contributed by atoms with E-state index in [1.807, 2.05) is 24.3 Å². The van der Waals surface area contributed by atoms with Crippen LogP contribution >= 0.6 is 15.9 Å². The lowest BCUT2D eigenvalue weighted by Gasteiger charge is -2.40. The molecule has 1 aliphatic carbocycles. The molecule has 1 N–H and O–H groups in total. The molecular weight excluding hydrogens is 346 g/mol. The van der Waals surface area contributed by atoms with Crippen LogP contribution in [0.15, 0.2) is 33.6 Å². The Kier molecular flexibility index (Phi) is 6.04. The highest BCUT2D eigenvalue weighted by atomic mass is 79.9. The first-order valence-corrected chi connectivity index (χ1v) is 9.83. The Morgan fingerprint density at radius 2 is 2.19 bits per heavy atom. The second-order valence-electron chi connectivity index (χ2n) is 6.76.